The highest BCUT2D eigenvalue weighted by atomic mass is 32.1. The van der Waals surface area contributed by atoms with Gasteiger partial charge in [0.25, 0.3) is 5.91 Å². The van der Waals surface area contributed by atoms with Crippen LogP contribution in [0, 0.1) is 20.8 Å². The van der Waals surface area contributed by atoms with Gasteiger partial charge in [-0.25, -0.2) is 4.79 Å². The topological polar surface area (TPSA) is 84.5 Å². The zero-order chi connectivity index (χ0) is 23.5. The predicted molar refractivity (Wildman–Crippen MR) is 130 cm³/mol. The summed E-state index contributed by atoms with van der Waals surface area (Å²) >= 11 is 1.39. The van der Waals surface area contributed by atoms with E-state index in [-0.39, 0.29) is 12.5 Å². The molecule has 7 heteroatoms. The number of aryl methyl sites for hydroxylation is 5. The van der Waals surface area contributed by atoms with Crippen LogP contribution in [0.4, 0.5) is 5.69 Å². The fourth-order valence-corrected chi connectivity index (χ4v) is 5.33. The van der Waals surface area contributed by atoms with Gasteiger partial charge in [-0.05, 0) is 67.5 Å². The number of hydrogen-bond acceptors (Lipinski definition) is 5. The Balaban J connectivity index is 1.28. The second-order valence-corrected chi connectivity index (χ2v) is 9.35. The molecule has 3 aromatic rings. The third-order valence-electron chi connectivity index (χ3n) is 5.66. The van der Waals surface area contributed by atoms with E-state index in [2.05, 4.69) is 22.8 Å². The van der Waals surface area contributed by atoms with Gasteiger partial charge in [-0.3, -0.25) is 9.59 Å². The maximum atomic E-state index is 12.5. The van der Waals surface area contributed by atoms with Gasteiger partial charge in [0.1, 0.15) is 4.88 Å². The van der Waals surface area contributed by atoms with E-state index in [0.29, 0.717) is 4.88 Å². The number of amides is 2. The van der Waals surface area contributed by atoms with Crippen molar-refractivity contribution in [3.63, 3.8) is 0 Å². The number of carbonyl (C=O) groups is 3. The van der Waals surface area contributed by atoms with Crippen molar-refractivity contribution in [3.05, 3.63) is 75.2 Å². The first-order valence-corrected chi connectivity index (χ1v) is 11.7. The van der Waals surface area contributed by atoms with Crippen molar-refractivity contribution in [2.24, 2.45) is 0 Å². The van der Waals surface area contributed by atoms with Crippen molar-refractivity contribution in [1.29, 1.82) is 0 Å². The summed E-state index contributed by atoms with van der Waals surface area (Å²) in [5, 5.41) is 5.32. The first kappa shape index (κ1) is 22.7. The first-order chi connectivity index (χ1) is 15.8. The summed E-state index contributed by atoms with van der Waals surface area (Å²) < 4.78 is 5.19. The lowest BCUT2D eigenvalue weighted by molar-refractivity contribution is -0.126. The van der Waals surface area contributed by atoms with Gasteiger partial charge < -0.3 is 15.4 Å². The van der Waals surface area contributed by atoms with E-state index in [4.69, 9.17) is 4.74 Å². The van der Waals surface area contributed by atoms with Crippen LogP contribution in [0.5, 0.6) is 0 Å². The average molecular weight is 463 g/mol. The zero-order valence-corrected chi connectivity index (χ0v) is 19.7. The number of carbonyl (C=O) groups excluding carboxylic acids is 3. The minimum atomic E-state index is -0.530. The maximum absolute atomic E-state index is 12.5. The minimum Gasteiger partial charge on any atom is -0.451 e. The molecule has 0 aliphatic heterocycles. The van der Waals surface area contributed by atoms with Crippen LogP contribution in [0.1, 0.15) is 37.5 Å². The zero-order valence-electron chi connectivity index (χ0n) is 18.9. The average Bonchev–Trinajstić information content (AvgIpc) is 3.23. The Morgan fingerprint density at radius 2 is 1.64 bits per heavy atom. The number of nitrogens with one attached hydrogen (secondary N) is 2. The number of anilines is 1. The SMILES string of the molecule is Cc1cc(C)c(NC(=O)CNC(=O)COC(=O)c2cc3c(s2)-c2ccccc2CC3)c(C)c1. The number of rotatable bonds is 6. The molecule has 0 bridgehead atoms. The van der Waals surface area contributed by atoms with Gasteiger partial charge in [0, 0.05) is 10.6 Å². The Kier molecular flexibility index (Phi) is 6.60. The largest absolute Gasteiger partial charge is 0.451 e. The summed E-state index contributed by atoms with van der Waals surface area (Å²) in [5.41, 5.74) is 7.35. The summed E-state index contributed by atoms with van der Waals surface area (Å²) in [6.45, 7) is 5.21. The van der Waals surface area contributed by atoms with Gasteiger partial charge in [0.05, 0.1) is 6.54 Å². The number of esters is 1. The van der Waals surface area contributed by atoms with Crippen molar-refractivity contribution in [3.8, 4) is 10.4 Å². The second kappa shape index (κ2) is 9.58. The van der Waals surface area contributed by atoms with E-state index in [1.54, 1.807) is 0 Å². The smallest absolute Gasteiger partial charge is 0.348 e. The lowest BCUT2D eigenvalue weighted by atomic mass is 9.91. The van der Waals surface area contributed by atoms with Crippen LogP contribution in [-0.2, 0) is 27.2 Å². The summed E-state index contributed by atoms with van der Waals surface area (Å²) in [6, 6.07) is 14.0. The summed E-state index contributed by atoms with van der Waals surface area (Å²) in [6.07, 6.45) is 1.83. The Labute approximate surface area is 197 Å². The van der Waals surface area contributed by atoms with E-state index in [9.17, 15) is 14.4 Å². The Bertz CT molecular complexity index is 1220. The van der Waals surface area contributed by atoms with Crippen LogP contribution in [0.2, 0.25) is 0 Å². The van der Waals surface area contributed by atoms with Crippen LogP contribution in [0.15, 0.2) is 42.5 Å². The molecule has 6 nitrogen and oxygen atoms in total. The number of hydrogen-bond donors (Lipinski definition) is 2. The number of thiophene rings is 1. The Hall–Kier alpha value is -3.45. The molecule has 33 heavy (non-hydrogen) atoms. The molecular weight excluding hydrogens is 436 g/mol. The molecule has 2 amide bonds. The van der Waals surface area contributed by atoms with Crippen LogP contribution in [-0.4, -0.2) is 30.9 Å². The third-order valence-corrected chi connectivity index (χ3v) is 6.85. The quantitative estimate of drug-likeness (QED) is 0.534. The summed E-state index contributed by atoms with van der Waals surface area (Å²) in [7, 11) is 0. The molecule has 1 aliphatic carbocycles. The molecule has 1 aliphatic rings. The van der Waals surface area contributed by atoms with Crippen LogP contribution in [0.3, 0.4) is 0 Å². The molecule has 0 spiro atoms. The van der Waals surface area contributed by atoms with Gasteiger partial charge in [-0.1, -0.05) is 42.0 Å². The monoisotopic (exact) mass is 462 g/mol. The van der Waals surface area contributed by atoms with E-state index in [1.807, 2.05) is 51.1 Å². The highest BCUT2D eigenvalue weighted by Gasteiger charge is 2.22. The summed E-state index contributed by atoms with van der Waals surface area (Å²) in [4.78, 5) is 38.4. The maximum Gasteiger partial charge on any atom is 0.348 e. The fourth-order valence-electron chi connectivity index (χ4n) is 4.17. The molecule has 0 saturated carbocycles. The van der Waals surface area contributed by atoms with Crippen molar-refractivity contribution in [1.82, 2.24) is 5.32 Å². The molecule has 2 aromatic carbocycles. The highest BCUT2D eigenvalue weighted by molar-refractivity contribution is 7.17. The lowest BCUT2D eigenvalue weighted by Crippen LogP contribution is -2.35. The van der Waals surface area contributed by atoms with E-state index in [1.165, 1.54) is 16.9 Å². The fraction of sp³-hybridized carbons (Fsp3) is 0.269. The van der Waals surface area contributed by atoms with Gasteiger partial charge in [0.15, 0.2) is 6.61 Å². The van der Waals surface area contributed by atoms with Crippen molar-refractivity contribution < 1.29 is 19.1 Å². The van der Waals surface area contributed by atoms with E-state index < -0.39 is 18.5 Å². The number of fused-ring (bicyclic) bond motifs is 3. The second-order valence-electron chi connectivity index (χ2n) is 8.30. The van der Waals surface area contributed by atoms with Gasteiger partial charge in [-0.2, -0.15) is 0 Å². The van der Waals surface area contributed by atoms with Crippen LogP contribution < -0.4 is 10.6 Å². The minimum absolute atomic E-state index is 0.201. The molecule has 0 unspecified atom stereocenters. The van der Waals surface area contributed by atoms with Gasteiger partial charge in [-0.15, -0.1) is 11.3 Å². The predicted octanol–water partition coefficient (Wildman–Crippen LogP) is 4.35. The lowest BCUT2D eigenvalue weighted by Gasteiger charge is -2.15. The van der Waals surface area contributed by atoms with Crippen LogP contribution in [0.25, 0.3) is 10.4 Å². The first-order valence-electron chi connectivity index (χ1n) is 10.8. The molecule has 4 rings (SSSR count). The summed E-state index contributed by atoms with van der Waals surface area (Å²) in [5.74, 6) is -1.39. The molecule has 1 aromatic heterocycles. The standard InChI is InChI=1S/C26H26N2O4S/c1-15-10-16(2)24(17(3)11-15)28-22(29)13-27-23(30)14-32-26(31)21-12-19-9-8-18-6-4-5-7-20(18)25(19)33-21/h4-7,10-12H,8-9,13-14H2,1-3H3,(H,27,30)(H,28,29). The number of ether oxygens (including phenoxy) is 1. The van der Waals surface area contributed by atoms with Crippen molar-refractivity contribution in [2.75, 3.05) is 18.5 Å². The van der Waals surface area contributed by atoms with E-state index >= 15 is 0 Å². The van der Waals surface area contributed by atoms with Crippen LogP contribution >= 0.6 is 11.3 Å². The Morgan fingerprint density at radius 1 is 0.939 bits per heavy atom. The molecule has 0 radical (unpaired) electrons. The highest BCUT2D eigenvalue weighted by Crippen LogP contribution is 2.39. The van der Waals surface area contributed by atoms with Crippen molar-refractivity contribution in [2.45, 2.75) is 33.6 Å². The molecular formula is C26H26N2O4S. The number of benzene rings is 2. The molecule has 0 fully saturated rings. The van der Waals surface area contributed by atoms with Gasteiger partial charge >= 0.3 is 5.97 Å². The molecule has 1 heterocycles. The van der Waals surface area contributed by atoms with E-state index in [0.717, 1.165) is 51.2 Å². The molecule has 170 valence electrons. The third kappa shape index (κ3) is 5.14. The van der Waals surface area contributed by atoms with Gasteiger partial charge in [0.2, 0.25) is 5.91 Å². The normalized spacial score (nSPS) is 11.8. The Morgan fingerprint density at radius 3 is 2.39 bits per heavy atom. The van der Waals surface area contributed by atoms with Crippen molar-refractivity contribution >= 4 is 34.8 Å². The molecule has 2 N–H and O–H groups in total. The molecule has 0 saturated heterocycles. The molecule has 0 atom stereocenters.